The molecule has 112 valence electrons. The van der Waals surface area contributed by atoms with E-state index in [4.69, 9.17) is 16.3 Å². The van der Waals surface area contributed by atoms with Gasteiger partial charge in [0, 0.05) is 24.2 Å². The Balaban J connectivity index is 1.83. The van der Waals surface area contributed by atoms with Crippen LogP contribution in [-0.2, 0) is 4.74 Å². The highest BCUT2D eigenvalue weighted by molar-refractivity contribution is 6.35. The number of fused-ring (bicyclic) bond motifs is 1. The Bertz CT molecular complexity index is 629. The van der Waals surface area contributed by atoms with Crippen molar-refractivity contribution in [2.45, 2.75) is 38.8 Å². The molecule has 0 bridgehead atoms. The third-order valence-electron chi connectivity index (χ3n) is 4.13. The van der Waals surface area contributed by atoms with Gasteiger partial charge in [-0.2, -0.15) is 0 Å². The zero-order valence-electron chi connectivity index (χ0n) is 12.5. The van der Waals surface area contributed by atoms with Gasteiger partial charge in [0.05, 0.1) is 22.3 Å². The summed E-state index contributed by atoms with van der Waals surface area (Å²) in [6.45, 7) is 5.25. The smallest absolute Gasteiger partial charge is 0.0948 e. The third-order valence-corrected chi connectivity index (χ3v) is 4.46. The molecule has 0 radical (unpaired) electrons. The molecule has 1 aliphatic rings. The van der Waals surface area contributed by atoms with Crippen molar-refractivity contribution in [2.75, 3.05) is 11.9 Å². The number of halogens is 1. The Morgan fingerprint density at radius 2 is 2.19 bits per heavy atom. The largest absolute Gasteiger partial charge is 0.380 e. The summed E-state index contributed by atoms with van der Waals surface area (Å²) < 4.78 is 5.84. The highest BCUT2D eigenvalue weighted by Crippen LogP contribution is 2.30. The number of ether oxygens (including phenoxy) is 1. The van der Waals surface area contributed by atoms with E-state index in [-0.39, 0.29) is 0 Å². The average Bonchev–Trinajstić information content (AvgIpc) is 2.51. The number of hydrogen-bond donors (Lipinski definition) is 1. The number of aromatic nitrogens is 1. The van der Waals surface area contributed by atoms with Gasteiger partial charge in [0.1, 0.15) is 0 Å². The standard InChI is InChI=1S/C17H21ClN2O/c1-11(2)16-10-12(7-9-21-16)20-15-6-5-14(18)13-4-3-8-19-17(13)15/h3-6,8,11-12,16,20H,7,9-10H2,1-2H3. The lowest BCUT2D eigenvalue weighted by atomic mass is 9.95. The summed E-state index contributed by atoms with van der Waals surface area (Å²) in [5, 5.41) is 5.38. The molecule has 0 spiro atoms. The van der Waals surface area contributed by atoms with E-state index >= 15 is 0 Å². The molecule has 2 aromatic rings. The van der Waals surface area contributed by atoms with Gasteiger partial charge in [-0.25, -0.2) is 0 Å². The molecule has 3 nitrogen and oxygen atoms in total. The molecule has 0 saturated carbocycles. The van der Waals surface area contributed by atoms with Crippen LogP contribution in [0.15, 0.2) is 30.5 Å². The van der Waals surface area contributed by atoms with E-state index in [1.54, 1.807) is 0 Å². The number of nitrogens with one attached hydrogen (secondary N) is 1. The zero-order chi connectivity index (χ0) is 14.8. The third kappa shape index (κ3) is 3.14. The van der Waals surface area contributed by atoms with Crippen molar-refractivity contribution >= 4 is 28.2 Å². The van der Waals surface area contributed by atoms with Crippen LogP contribution in [0, 0.1) is 5.92 Å². The van der Waals surface area contributed by atoms with Crippen LogP contribution >= 0.6 is 11.6 Å². The zero-order valence-corrected chi connectivity index (χ0v) is 13.2. The number of rotatable bonds is 3. The fraction of sp³-hybridized carbons (Fsp3) is 0.471. The summed E-state index contributed by atoms with van der Waals surface area (Å²) in [6.07, 6.45) is 4.21. The Hall–Kier alpha value is -1.32. The van der Waals surface area contributed by atoms with E-state index < -0.39 is 0 Å². The molecule has 2 heterocycles. The molecule has 1 N–H and O–H groups in total. The summed E-state index contributed by atoms with van der Waals surface area (Å²) in [5.41, 5.74) is 2.00. The van der Waals surface area contributed by atoms with Gasteiger partial charge in [0.25, 0.3) is 0 Å². The van der Waals surface area contributed by atoms with E-state index in [9.17, 15) is 0 Å². The van der Waals surface area contributed by atoms with Gasteiger partial charge in [-0.1, -0.05) is 25.4 Å². The minimum Gasteiger partial charge on any atom is -0.380 e. The van der Waals surface area contributed by atoms with Gasteiger partial charge in [-0.3, -0.25) is 4.98 Å². The summed E-state index contributed by atoms with van der Waals surface area (Å²) in [7, 11) is 0. The second kappa shape index (κ2) is 6.20. The summed E-state index contributed by atoms with van der Waals surface area (Å²) >= 11 is 6.25. The number of pyridine rings is 1. The minimum atomic E-state index is 0.336. The molecule has 3 rings (SSSR count). The molecule has 1 aromatic carbocycles. The predicted octanol–water partition coefficient (Wildman–Crippen LogP) is 4.50. The van der Waals surface area contributed by atoms with Crippen molar-refractivity contribution in [2.24, 2.45) is 5.92 Å². The van der Waals surface area contributed by atoms with Crippen LogP contribution in [0.5, 0.6) is 0 Å². The molecule has 1 fully saturated rings. The van der Waals surface area contributed by atoms with Crippen molar-refractivity contribution in [1.82, 2.24) is 4.98 Å². The van der Waals surface area contributed by atoms with Crippen molar-refractivity contribution in [3.8, 4) is 0 Å². The fourth-order valence-corrected chi connectivity index (χ4v) is 3.11. The normalized spacial score (nSPS) is 22.7. The van der Waals surface area contributed by atoms with E-state index in [1.807, 2.05) is 30.5 Å². The molecule has 4 heteroatoms. The SMILES string of the molecule is CC(C)C1CC(Nc2ccc(Cl)c3cccnc23)CCO1. The minimum absolute atomic E-state index is 0.336. The molecule has 0 amide bonds. The molecule has 2 atom stereocenters. The fourth-order valence-electron chi connectivity index (χ4n) is 2.90. The highest BCUT2D eigenvalue weighted by atomic mass is 35.5. The number of nitrogens with zero attached hydrogens (tertiary/aromatic N) is 1. The Kier molecular flexibility index (Phi) is 4.32. The van der Waals surface area contributed by atoms with E-state index in [1.165, 1.54) is 0 Å². The first-order valence-electron chi connectivity index (χ1n) is 7.56. The maximum absolute atomic E-state index is 6.25. The lowest BCUT2D eigenvalue weighted by Crippen LogP contribution is -2.36. The second-order valence-corrected chi connectivity index (χ2v) is 6.42. The molecule has 2 unspecified atom stereocenters. The van der Waals surface area contributed by atoms with Gasteiger partial charge in [0.15, 0.2) is 0 Å². The van der Waals surface area contributed by atoms with Gasteiger partial charge in [0.2, 0.25) is 0 Å². The molecule has 1 aromatic heterocycles. The van der Waals surface area contributed by atoms with E-state index in [0.29, 0.717) is 18.1 Å². The second-order valence-electron chi connectivity index (χ2n) is 6.01. The van der Waals surface area contributed by atoms with Gasteiger partial charge in [-0.15, -0.1) is 0 Å². The lowest BCUT2D eigenvalue weighted by molar-refractivity contribution is -0.0160. The lowest BCUT2D eigenvalue weighted by Gasteiger charge is -2.33. The highest BCUT2D eigenvalue weighted by Gasteiger charge is 2.25. The van der Waals surface area contributed by atoms with E-state index in [0.717, 1.165) is 41.1 Å². The molecule has 21 heavy (non-hydrogen) atoms. The van der Waals surface area contributed by atoms with Crippen molar-refractivity contribution in [1.29, 1.82) is 0 Å². The Labute approximate surface area is 130 Å². The monoisotopic (exact) mass is 304 g/mol. The Morgan fingerprint density at radius 3 is 3.00 bits per heavy atom. The van der Waals surface area contributed by atoms with Crippen molar-refractivity contribution < 1.29 is 4.74 Å². The molecular formula is C17H21ClN2O. The van der Waals surface area contributed by atoms with Crippen molar-refractivity contribution in [3.05, 3.63) is 35.5 Å². The predicted molar refractivity (Wildman–Crippen MR) is 88.0 cm³/mol. The molecule has 1 aliphatic heterocycles. The molecule has 0 aliphatic carbocycles. The number of benzene rings is 1. The van der Waals surface area contributed by atoms with Crippen molar-refractivity contribution in [3.63, 3.8) is 0 Å². The maximum Gasteiger partial charge on any atom is 0.0948 e. The number of hydrogen-bond acceptors (Lipinski definition) is 3. The van der Waals surface area contributed by atoms with Gasteiger partial charge >= 0.3 is 0 Å². The summed E-state index contributed by atoms with van der Waals surface area (Å²) in [5.74, 6) is 0.551. The van der Waals surface area contributed by atoms with Crippen LogP contribution in [0.3, 0.4) is 0 Å². The van der Waals surface area contributed by atoms with Crippen LogP contribution in [-0.4, -0.2) is 23.7 Å². The van der Waals surface area contributed by atoms with Crippen LogP contribution in [0.4, 0.5) is 5.69 Å². The number of anilines is 1. The van der Waals surface area contributed by atoms with Crippen LogP contribution in [0.25, 0.3) is 10.9 Å². The summed E-state index contributed by atoms with van der Waals surface area (Å²) in [6, 6.07) is 8.32. The topological polar surface area (TPSA) is 34.2 Å². The maximum atomic E-state index is 6.25. The first kappa shape index (κ1) is 14.6. The van der Waals surface area contributed by atoms with Crippen LogP contribution in [0.2, 0.25) is 5.02 Å². The summed E-state index contributed by atoms with van der Waals surface area (Å²) in [4.78, 5) is 4.48. The van der Waals surface area contributed by atoms with Crippen LogP contribution in [0.1, 0.15) is 26.7 Å². The molecular weight excluding hydrogens is 284 g/mol. The first-order chi connectivity index (χ1) is 10.1. The van der Waals surface area contributed by atoms with E-state index in [2.05, 4.69) is 24.1 Å². The Morgan fingerprint density at radius 1 is 1.33 bits per heavy atom. The average molecular weight is 305 g/mol. The quantitative estimate of drug-likeness (QED) is 0.906. The van der Waals surface area contributed by atoms with Crippen LogP contribution < -0.4 is 5.32 Å². The first-order valence-corrected chi connectivity index (χ1v) is 7.94. The molecule has 1 saturated heterocycles. The van der Waals surface area contributed by atoms with Gasteiger partial charge in [-0.05, 0) is 43.0 Å². The van der Waals surface area contributed by atoms with Gasteiger partial charge < -0.3 is 10.1 Å².